The molecule has 1 aromatic heterocycles. The monoisotopic (exact) mass is 417 g/mol. The standard InChI is InChI=1S/C13H15NO3.C8H12N2OS/c15-9-12-6-7-14(8-12)13(16)17-10-11-4-2-1-3-5-11;11-7(6-1-2-9-5-6)8-10-3-4-12-8/h1-5,9,12H,6-8,10H2;3-4,6-7,9,11H,1-2,5H2. The van der Waals surface area contributed by atoms with Crippen molar-refractivity contribution in [1.29, 1.82) is 0 Å². The molecule has 2 N–H and O–H groups in total. The number of aliphatic hydroxyl groups excluding tert-OH is 1. The number of nitrogens with one attached hydrogen (secondary N) is 1. The second-order valence-electron chi connectivity index (χ2n) is 7.24. The maximum atomic E-state index is 11.7. The summed E-state index contributed by atoms with van der Waals surface area (Å²) in [6, 6.07) is 9.54. The molecule has 7 nitrogen and oxygen atoms in total. The zero-order chi connectivity index (χ0) is 20.5. The molecule has 0 spiro atoms. The van der Waals surface area contributed by atoms with E-state index in [1.807, 2.05) is 35.7 Å². The number of likely N-dealkylation sites (tertiary alicyclic amines) is 1. The quantitative estimate of drug-likeness (QED) is 0.727. The molecule has 0 bridgehead atoms. The molecule has 4 rings (SSSR count). The summed E-state index contributed by atoms with van der Waals surface area (Å²) in [7, 11) is 0. The lowest BCUT2D eigenvalue weighted by Gasteiger charge is -2.15. The number of aromatic nitrogens is 1. The molecule has 1 aromatic carbocycles. The van der Waals surface area contributed by atoms with Gasteiger partial charge in [-0.05, 0) is 24.9 Å². The van der Waals surface area contributed by atoms with Gasteiger partial charge in [-0.25, -0.2) is 9.78 Å². The Hall–Kier alpha value is -2.29. The number of thiazole rings is 1. The van der Waals surface area contributed by atoms with Crippen molar-refractivity contribution in [3.63, 3.8) is 0 Å². The highest BCUT2D eigenvalue weighted by molar-refractivity contribution is 7.09. The SMILES string of the molecule is O=CC1CCN(C(=O)OCc2ccccc2)C1.OC(c1nccs1)C1CCNC1. The summed E-state index contributed by atoms with van der Waals surface area (Å²) in [5.74, 6) is 0.329. The molecule has 3 unspecified atom stereocenters. The van der Waals surface area contributed by atoms with E-state index < -0.39 is 0 Å². The molecule has 2 saturated heterocycles. The predicted molar refractivity (Wildman–Crippen MR) is 110 cm³/mol. The number of benzene rings is 1. The Balaban J connectivity index is 0.000000176. The van der Waals surface area contributed by atoms with Crippen molar-refractivity contribution in [3.05, 3.63) is 52.5 Å². The number of nitrogens with zero attached hydrogens (tertiary/aromatic N) is 2. The van der Waals surface area contributed by atoms with Crippen LogP contribution in [0.15, 0.2) is 41.9 Å². The Morgan fingerprint density at radius 2 is 2.21 bits per heavy atom. The van der Waals surface area contributed by atoms with E-state index in [-0.39, 0.29) is 24.7 Å². The van der Waals surface area contributed by atoms with E-state index in [1.54, 1.807) is 11.1 Å². The lowest BCUT2D eigenvalue weighted by Crippen LogP contribution is -2.29. The third-order valence-corrected chi connectivity index (χ3v) is 5.98. The highest BCUT2D eigenvalue weighted by Crippen LogP contribution is 2.27. The Kier molecular flexibility index (Phi) is 8.15. The van der Waals surface area contributed by atoms with Crippen LogP contribution >= 0.6 is 11.3 Å². The van der Waals surface area contributed by atoms with E-state index >= 15 is 0 Å². The predicted octanol–water partition coefficient (Wildman–Crippen LogP) is 2.63. The minimum atomic E-state index is -0.361. The van der Waals surface area contributed by atoms with Crippen LogP contribution < -0.4 is 5.32 Å². The molecule has 29 heavy (non-hydrogen) atoms. The van der Waals surface area contributed by atoms with E-state index in [9.17, 15) is 14.7 Å². The number of carbonyl (C=O) groups is 2. The molecule has 156 valence electrons. The fraction of sp³-hybridized carbons (Fsp3) is 0.476. The topological polar surface area (TPSA) is 91.8 Å². The molecule has 0 saturated carbocycles. The van der Waals surface area contributed by atoms with Crippen molar-refractivity contribution in [2.45, 2.75) is 25.6 Å². The Morgan fingerprint density at radius 3 is 2.83 bits per heavy atom. The van der Waals surface area contributed by atoms with Crippen molar-refractivity contribution >= 4 is 23.7 Å². The molecule has 3 atom stereocenters. The molecule has 0 radical (unpaired) electrons. The number of ether oxygens (including phenoxy) is 1. The van der Waals surface area contributed by atoms with Gasteiger partial charge in [0.2, 0.25) is 0 Å². The zero-order valence-corrected chi connectivity index (χ0v) is 17.1. The van der Waals surface area contributed by atoms with Crippen LogP contribution in [-0.2, 0) is 16.1 Å². The van der Waals surface area contributed by atoms with Gasteiger partial charge in [0, 0.05) is 43.0 Å². The molecule has 2 fully saturated rings. The normalized spacial score (nSPS) is 21.9. The van der Waals surface area contributed by atoms with Gasteiger partial charge < -0.3 is 24.9 Å². The van der Waals surface area contributed by atoms with Crippen LogP contribution in [0.5, 0.6) is 0 Å². The zero-order valence-electron chi connectivity index (χ0n) is 16.3. The lowest BCUT2D eigenvalue weighted by atomic mass is 10.0. The average Bonchev–Trinajstić information content (AvgIpc) is 3.54. The van der Waals surface area contributed by atoms with E-state index in [4.69, 9.17) is 4.74 Å². The smallest absolute Gasteiger partial charge is 0.410 e. The van der Waals surface area contributed by atoms with Crippen LogP contribution in [-0.4, -0.2) is 53.5 Å². The summed E-state index contributed by atoms with van der Waals surface area (Å²) in [6.07, 6.45) is 3.75. The number of hydrogen-bond acceptors (Lipinski definition) is 7. The number of carbonyl (C=O) groups excluding carboxylic acids is 2. The lowest BCUT2D eigenvalue weighted by molar-refractivity contribution is -0.110. The van der Waals surface area contributed by atoms with Gasteiger partial charge in [0.1, 0.15) is 24.0 Å². The summed E-state index contributed by atoms with van der Waals surface area (Å²) in [4.78, 5) is 27.9. The molecule has 1 amide bonds. The van der Waals surface area contributed by atoms with Gasteiger partial charge in [-0.1, -0.05) is 30.3 Å². The summed E-state index contributed by atoms with van der Waals surface area (Å²) in [5, 5.41) is 15.8. The Labute approximate surface area is 174 Å². The second-order valence-corrected chi connectivity index (χ2v) is 8.17. The second kappa shape index (κ2) is 11.0. The number of aldehydes is 1. The molecule has 2 aromatic rings. The first-order valence-electron chi connectivity index (χ1n) is 9.86. The van der Waals surface area contributed by atoms with Crippen LogP contribution in [0.3, 0.4) is 0 Å². The fourth-order valence-corrected chi connectivity index (χ4v) is 4.12. The number of hydrogen-bond donors (Lipinski definition) is 2. The third-order valence-electron chi connectivity index (χ3n) is 5.13. The van der Waals surface area contributed by atoms with Gasteiger partial charge >= 0.3 is 6.09 Å². The molecular weight excluding hydrogens is 390 g/mol. The maximum Gasteiger partial charge on any atom is 0.410 e. The molecule has 2 aliphatic rings. The van der Waals surface area contributed by atoms with Crippen molar-refractivity contribution in [3.8, 4) is 0 Å². The van der Waals surface area contributed by atoms with E-state index in [1.165, 1.54) is 11.3 Å². The summed E-state index contributed by atoms with van der Waals surface area (Å²) in [5.41, 5.74) is 0.965. The van der Waals surface area contributed by atoms with Crippen LogP contribution in [0.1, 0.15) is 29.5 Å². The van der Waals surface area contributed by atoms with Gasteiger partial charge in [-0.15, -0.1) is 11.3 Å². The van der Waals surface area contributed by atoms with Gasteiger partial charge in [-0.3, -0.25) is 0 Å². The number of aliphatic hydroxyl groups is 1. The Bertz CT molecular complexity index is 751. The van der Waals surface area contributed by atoms with Gasteiger partial charge in [-0.2, -0.15) is 0 Å². The summed E-state index contributed by atoms with van der Waals surface area (Å²) < 4.78 is 5.18. The molecular formula is C21H27N3O4S. The van der Waals surface area contributed by atoms with Gasteiger partial charge in [0.05, 0.1) is 0 Å². The van der Waals surface area contributed by atoms with Crippen LogP contribution in [0.25, 0.3) is 0 Å². The molecule has 2 aliphatic heterocycles. The highest BCUT2D eigenvalue weighted by atomic mass is 32.1. The van der Waals surface area contributed by atoms with Crippen LogP contribution in [0.4, 0.5) is 4.79 Å². The minimum absolute atomic E-state index is 0.0284. The first-order valence-corrected chi connectivity index (χ1v) is 10.7. The van der Waals surface area contributed by atoms with Crippen LogP contribution in [0.2, 0.25) is 0 Å². The fourth-order valence-electron chi connectivity index (χ4n) is 3.40. The highest BCUT2D eigenvalue weighted by Gasteiger charge is 2.27. The first-order chi connectivity index (χ1) is 14.2. The number of amides is 1. The molecule has 3 heterocycles. The summed E-state index contributed by atoms with van der Waals surface area (Å²) in [6.45, 7) is 3.31. The van der Waals surface area contributed by atoms with Crippen LogP contribution in [0, 0.1) is 11.8 Å². The Morgan fingerprint density at radius 1 is 1.38 bits per heavy atom. The third kappa shape index (κ3) is 6.35. The minimum Gasteiger partial charge on any atom is -0.445 e. The largest absolute Gasteiger partial charge is 0.445 e. The van der Waals surface area contributed by atoms with Gasteiger partial charge in [0.15, 0.2) is 0 Å². The van der Waals surface area contributed by atoms with Crippen molar-refractivity contribution in [2.24, 2.45) is 11.8 Å². The van der Waals surface area contributed by atoms with E-state index in [2.05, 4.69) is 10.3 Å². The maximum absolute atomic E-state index is 11.7. The summed E-state index contributed by atoms with van der Waals surface area (Å²) >= 11 is 1.53. The van der Waals surface area contributed by atoms with Crippen molar-refractivity contribution in [1.82, 2.24) is 15.2 Å². The van der Waals surface area contributed by atoms with Crippen molar-refractivity contribution < 1.29 is 19.4 Å². The molecule has 0 aliphatic carbocycles. The number of rotatable bonds is 5. The molecule has 8 heteroatoms. The first kappa shape index (κ1) is 21.4. The van der Waals surface area contributed by atoms with Crippen molar-refractivity contribution in [2.75, 3.05) is 26.2 Å². The van der Waals surface area contributed by atoms with E-state index in [0.29, 0.717) is 19.0 Å². The average molecular weight is 418 g/mol. The van der Waals surface area contributed by atoms with Gasteiger partial charge in [0.25, 0.3) is 0 Å². The van der Waals surface area contributed by atoms with E-state index in [0.717, 1.165) is 42.8 Å².